The second kappa shape index (κ2) is 6.54. The van der Waals surface area contributed by atoms with E-state index < -0.39 is 11.7 Å². The molecule has 1 unspecified atom stereocenters. The number of carbonyl (C=O) groups excluding carboxylic acids is 1. The summed E-state index contributed by atoms with van der Waals surface area (Å²) in [5.41, 5.74) is 2.13. The molecule has 0 aliphatic carbocycles. The van der Waals surface area contributed by atoms with Crippen LogP contribution in [0.25, 0.3) is 0 Å². The van der Waals surface area contributed by atoms with Crippen LogP contribution in [-0.2, 0) is 26.5 Å². The molecule has 25 heavy (non-hydrogen) atoms. The van der Waals surface area contributed by atoms with Gasteiger partial charge in [-0.3, -0.25) is 0 Å². The van der Waals surface area contributed by atoms with Gasteiger partial charge in [0.15, 0.2) is 11.7 Å². The van der Waals surface area contributed by atoms with Gasteiger partial charge in [-0.25, -0.2) is 4.79 Å². The van der Waals surface area contributed by atoms with Crippen molar-refractivity contribution in [1.82, 2.24) is 0 Å². The summed E-state index contributed by atoms with van der Waals surface area (Å²) in [6.07, 6.45) is -0.624. The number of esters is 1. The lowest BCUT2D eigenvalue weighted by atomic mass is 9.88. The van der Waals surface area contributed by atoms with Crippen LogP contribution in [0.1, 0.15) is 16.7 Å². The van der Waals surface area contributed by atoms with Crippen LogP contribution in [0.2, 0.25) is 0 Å². The lowest BCUT2D eigenvalue weighted by Gasteiger charge is -2.14. The van der Waals surface area contributed by atoms with Crippen LogP contribution in [0, 0.1) is 0 Å². The number of benzene rings is 3. The Labute approximate surface area is 146 Å². The van der Waals surface area contributed by atoms with Crippen LogP contribution in [0.4, 0.5) is 0 Å². The molecule has 3 aromatic carbocycles. The summed E-state index contributed by atoms with van der Waals surface area (Å²) in [4.78, 5) is 12.6. The Morgan fingerprint density at radius 2 is 1.28 bits per heavy atom. The van der Waals surface area contributed by atoms with Gasteiger partial charge in [0.05, 0.1) is 0 Å². The largest absolute Gasteiger partial charge is 0.459 e. The van der Waals surface area contributed by atoms with Crippen LogP contribution in [0.3, 0.4) is 0 Å². The number of carbonyl (C=O) groups is 1. The van der Waals surface area contributed by atoms with E-state index in [9.17, 15) is 4.79 Å². The minimum absolute atomic E-state index is 0.249. The molecular formula is C22H18O3. The number of hydrogen-bond donors (Lipinski definition) is 0. The molecule has 3 heteroatoms. The van der Waals surface area contributed by atoms with Crippen molar-refractivity contribution in [2.75, 3.05) is 0 Å². The van der Waals surface area contributed by atoms with Crippen LogP contribution < -0.4 is 0 Å². The van der Waals surface area contributed by atoms with E-state index in [2.05, 4.69) is 0 Å². The number of hydrogen-bond acceptors (Lipinski definition) is 3. The molecule has 1 aliphatic rings. The average molecular weight is 330 g/mol. The monoisotopic (exact) mass is 330 g/mol. The van der Waals surface area contributed by atoms with Gasteiger partial charge in [0.25, 0.3) is 0 Å². The van der Waals surface area contributed by atoms with Crippen molar-refractivity contribution in [2.45, 2.75) is 18.3 Å². The van der Waals surface area contributed by atoms with Crippen molar-refractivity contribution >= 4 is 5.97 Å². The van der Waals surface area contributed by atoms with E-state index in [1.54, 1.807) is 0 Å². The van der Waals surface area contributed by atoms with Gasteiger partial charge in [-0.15, -0.1) is 0 Å². The Hall–Kier alpha value is -2.91. The van der Waals surface area contributed by atoms with Crippen LogP contribution in [-0.4, -0.2) is 12.1 Å². The number of epoxide rings is 1. The molecule has 3 aromatic rings. The first kappa shape index (κ1) is 15.6. The molecule has 0 radical (unpaired) electrons. The van der Waals surface area contributed by atoms with E-state index in [0.29, 0.717) is 0 Å². The Morgan fingerprint density at radius 1 is 0.800 bits per heavy atom. The van der Waals surface area contributed by atoms with Gasteiger partial charge in [0, 0.05) is 0 Å². The smallest absolute Gasteiger partial charge is 0.339 e. The average Bonchev–Trinajstić information content (AvgIpc) is 3.45. The lowest BCUT2D eigenvalue weighted by Crippen LogP contribution is -2.22. The standard InChI is InChI=1S/C22H18O3/c23-21(24-16-17-10-4-1-5-11-17)20-22(25-20,18-12-6-2-7-13-18)19-14-8-3-9-15-19/h1-15,20H,16H2. The molecule has 1 atom stereocenters. The minimum Gasteiger partial charge on any atom is -0.459 e. The van der Waals surface area contributed by atoms with Crippen molar-refractivity contribution < 1.29 is 14.3 Å². The summed E-state index contributed by atoms with van der Waals surface area (Å²) in [5.74, 6) is -0.337. The van der Waals surface area contributed by atoms with Crippen molar-refractivity contribution in [3.8, 4) is 0 Å². The third kappa shape index (κ3) is 2.94. The van der Waals surface area contributed by atoms with Gasteiger partial charge in [-0.1, -0.05) is 91.0 Å². The third-order valence-electron chi connectivity index (χ3n) is 4.46. The van der Waals surface area contributed by atoms with E-state index in [4.69, 9.17) is 9.47 Å². The molecule has 124 valence electrons. The molecule has 0 amide bonds. The second-order valence-corrected chi connectivity index (χ2v) is 6.06. The molecule has 0 bridgehead atoms. The quantitative estimate of drug-likeness (QED) is 0.523. The molecule has 1 saturated heterocycles. The molecule has 0 aromatic heterocycles. The zero-order valence-corrected chi connectivity index (χ0v) is 13.7. The van der Waals surface area contributed by atoms with E-state index in [-0.39, 0.29) is 12.6 Å². The van der Waals surface area contributed by atoms with Gasteiger partial charge in [0.2, 0.25) is 0 Å². The van der Waals surface area contributed by atoms with E-state index >= 15 is 0 Å². The maximum absolute atomic E-state index is 12.6. The van der Waals surface area contributed by atoms with Gasteiger partial charge in [-0.05, 0) is 16.7 Å². The Morgan fingerprint density at radius 3 is 1.80 bits per heavy atom. The summed E-state index contributed by atoms with van der Waals surface area (Å²) in [5, 5.41) is 0. The van der Waals surface area contributed by atoms with Crippen molar-refractivity contribution in [3.05, 3.63) is 108 Å². The molecular weight excluding hydrogens is 312 g/mol. The fourth-order valence-electron chi connectivity index (χ4n) is 3.15. The summed E-state index contributed by atoms with van der Waals surface area (Å²) < 4.78 is 11.4. The number of rotatable bonds is 5. The highest BCUT2D eigenvalue weighted by Crippen LogP contribution is 2.52. The maximum Gasteiger partial charge on any atom is 0.339 e. The van der Waals surface area contributed by atoms with Gasteiger partial charge < -0.3 is 9.47 Å². The van der Waals surface area contributed by atoms with Crippen LogP contribution in [0.15, 0.2) is 91.0 Å². The first-order valence-corrected chi connectivity index (χ1v) is 8.30. The highest BCUT2D eigenvalue weighted by Gasteiger charge is 2.64. The van der Waals surface area contributed by atoms with Crippen molar-refractivity contribution in [1.29, 1.82) is 0 Å². The molecule has 1 aliphatic heterocycles. The van der Waals surface area contributed by atoms with Gasteiger partial charge in [-0.2, -0.15) is 0 Å². The predicted octanol–water partition coefficient (Wildman–Crippen LogP) is 4.07. The van der Waals surface area contributed by atoms with Crippen molar-refractivity contribution in [3.63, 3.8) is 0 Å². The highest BCUT2D eigenvalue weighted by atomic mass is 16.7. The topological polar surface area (TPSA) is 38.8 Å². The van der Waals surface area contributed by atoms with Crippen LogP contribution >= 0.6 is 0 Å². The second-order valence-electron chi connectivity index (χ2n) is 6.06. The van der Waals surface area contributed by atoms with Gasteiger partial charge in [0.1, 0.15) is 6.61 Å². The normalized spacial score (nSPS) is 17.7. The summed E-state index contributed by atoms with van der Waals surface area (Å²) in [7, 11) is 0. The molecule has 0 saturated carbocycles. The molecule has 3 nitrogen and oxygen atoms in total. The predicted molar refractivity (Wildman–Crippen MR) is 94.8 cm³/mol. The fourth-order valence-corrected chi connectivity index (χ4v) is 3.15. The van der Waals surface area contributed by atoms with Crippen LogP contribution in [0.5, 0.6) is 0 Å². The zero-order chi connectivity index (χ0) is 17.1. The minimum atomic E-state index is -0.754. The molecule has 4 rings (SSSR count). The third-order valence-corrected chi connectivity index (χ3v) is 4.46. The highest BCUT2D eigenvalue weighted by molar-refractivity contribution is 5.81. The summed E-state index contributed by atoms with van der Waals surface area (Å²) in [6.45, 7) is 0.249. The van der Waals surface area contributed by atoms with E-state index in [0.717, 1.165) is 16.7 Å². The Balaban J connectivity index is 1.57. The van der Waals surface area contributed by atoms with Gasteiger partial charge >= 0.3 is 5.97 Å². The Bertz CT molecular complexity index is 805. The fraction of sp³-hybridized carbons (Fsp3) is 0.136. The molecule has 0 spiro atoms. The SMILES string of the molecule is O=C(OCc1ccccc1)C1OC1(c1ccccc1)c1ccccc1. The lowest BCUT2D eigenvalue weighted by molar-refractivity contribution is -0.146. The maximum atomic E-state index is 12.6. The number of ether oxygens (including phenoxy) is 2. The summed E-state index contributed by atoms with van der Waals surface area (Å²) >= 11 is 0. The Kier molecular flexibility index (Phi) is 4.08. The molecule has 1 fully saturated rings. The summed E-state index contributed by atoms with van der Waals surface area (Å²) in [6, 6.07) is 29.3. The van der Waals surface area contributed by atoms with E-state index in [1.807, 2.05) is 91.0 Å². The molecule has 0 N–H and O–H groups in total. The first-order valence-electron chi connectivity index (χ1n) is 8.30. The molecule has 1 heterocycles. The van der Waals surface area contributed by atoms with E-state index in [1.165, 1.54) is 0 Å². The zero-order valence-electron chi connectivity index (χ0n) is 13.7. The van der Waals surface area contributed by atoms with Crippen molar-refractivity contribution in [2.24, 2.45) is 0 Å². The first-order chi connectivity index (χ1) is 12.3.